The number of aromatic carboxylic acids is 1. The fourth-order valence-corrected chi connectivity index (χ4v) is 0.459. The predicted octanol–water partition coefficient (Wildman–Crippen LogP) is 1.39. The van der Waals surface area contributed by atoms with Crippen LogP contribution in [0.4, 0.5) is 0 Å². The highest BCUT2D eigenvalue weighted by atomic mass is 16.5. The highest BCUT2D eigenvalue weighted by Gasteiger charge is 2.00. The van der Waals surface area contributed by atoms with E-state index in [4.69, 9.17) is 14.7 Å². The lowest BCUT2D eigenvalue weighted by Crippen LogP contribution is -1.95. The number of benzene rings is 1. The Labute approximate surface area is 74.1 Å². The first-order valence-electron chi connectivity index (χ1n) is 6.09. The van der Waals surface area contributed by atoms with E-state index in [1.165, 1.54) is 0 Å². The maximum atomic E-state index is 10.8. The lowest BCUT2D eigenvalue weighted by atomic mass is 10.2. The molecule has 58 valence electrons. The van der Waals surface area contributed by atoms with Crippen LogP contribution in [0.1, 0.15) is 20.0 Å². The summed E-state index contributed by atoms with van der Waals surface area (Å²) in [6.07, 6.45) is 0. The summed E-state index contributed by atoms with van der Waals surface area (Å²) in [6, 6.07) is -3.40. The predicted molar refractivity (Wildman–Crippen MR) is 40.0 cm³/mol. The standard InChI is InChI=1S/C8H8O3/c1-11-7-4-2-6(3-5-7)8(9)10/h2-5H,1H3,(H,9,10)/i1D3,2D,3D,4D,5D. The van der Waals surface area contributed by atoms with Crippen molar-refractivity contribution in [3.8, 4) is 5.75 Å². The molecule has 0 aliphatic carbocycles. The van der Waals surface area contributed by atoms with Crippen molar-refractivity contribution < 1.29 is 24.2 Å². The molecule has 11 heavy (non-hydrogen) atoms. The number of rotatable bonds is 2. The lowest BCUT2D eigenvalue weighted by molar-refractivity contribution is 0.0697. The van der Waals surface area contributed by atoms with Crippen LogP contribution in [0.25, 0.3) is 0 Å². The second-order valence-corrected chi connectivity index (χ2v) is 1.61. The van der Waals surface area contributed by atoms with Gasteiger partial charge in [0.2, 0.25) is 0 Å². The van der Waals surface area contributed by atoms with Gasteiger partial charge < -0.3 is 9.84 Å². The Morgan fingerprint density at radius 3 is 2.73 bits per heavy atom. The molecule has 0 radical (unpaired) electrons. The molecule has 0 saturated heterocycles. The summed E-state index contributed by atoms with van der Waals surface area (Å²) in [7, 11) is -2.95. The lowest BCUT2D eigenvalue weighted by Gasteiger charge is -1.98. The second-order valence-electron chi connectivity index (χ2n) is 1.61. The zero-order valence-corrected chi connectivity index (χ0v) is 5.26. The van der Waals surface area contributed by atoms with Crippen molar-refractivity contribution in [2.24, 2.45) is 0 Å². The molecule has 1 aromatic rings. The first-order valence-corrected chi connectivity index (χ1v) is 2.59. The molecule has 1 N–H and O–H groups in total. The molecular formula is C8H8O3. The van der Waals surface area contributed by atoms with E-state index in [1.54, 1.807) is 0 Å². The van der Waals surface area contributed by atoms with Crippen molar-refractivity contribution in [2.45, 2.75) is 0 Å². The molecule has 0 heterocycles. The molecule has 0 amide bonds. The third-order valence-corrected chi connectivity index (χ3v) is 0.918. The first kappa shape index (κ1) is 2.52. The van der Waals surface area contributed by atoms with Crippen molar-refractivity contribution in [2.75, 3.05) is 7.04 Å². The summed E-state index contributed by atoms with van der Waals surface area (Å²) in [4.78, 5) is 10.8. The van der Waals surface area contributed by atoms with Crippen LogP contribution in [0, 0.1) is 0 Å². The number of hydrogen-bond donors (Lipinski definition) is 1. The number of carbonyl (C=O) groups is 1. The van der Waals surface area contributed by atoms with Crippen LogP contribution in [-0.2, 0) is 0 Å². The highest BCUT2D eigenvalue weighted by molar-refractivity contribution is 5.87. The molecule has 0 saturated carbocycles. The van der Waals surface area contributed by atoms with E-state index in [0.29, 0.717) is 0 Å². The number of methoxy groups -OCH3 is 1. The van der Waals surface area contributed by atoms with Crippen molar-refractivity contribution in [3.63, 3.8) is 0 Å². The third-order valence-electron chi connectivity index (χ3n) is 0.918. The van der Waals surface area contributed by atoms with Gasteiger partial charge in [0.25, 0.3) is 0 Å². The molecule has 0 unspecified atom stereocenters. The molecule has 0 spiro atoms. The summed E-state index contributed by atoms with van der Waals surface area (Å²) >= 11 is 0. The number of ether oxygens (including phenoxy) is 1. The minimum atomic E-state index is -2.95. The van der Waals surface area contributed by atoms with Gasteiger partial charge in [0, 0.05) is 0 Å². The van der Waals surface area contributed by atoms with Crippen LogP contribution >= 0.6 is 0 Å². The molecule has 1 rings (SSSR count). The summed E-state index contributed by atoms with van der Waals surface area (Å²) < 4.78 is 54.5. The quantitative estimate of drug-likeness (QED) is 0.709. The number of hydrogen-bond acceptors (Lipinski definition) is 2. The fourth-order valence-electron chi connectivity index (χ4n) is 0.459. The average molecular weight is 159 g/mol. The van der Waals surface area contributed by atoms with E-state index >= 15 is 0 Å². The van der Waals surface area contributed by atoms with Gasteiger partial charge in [-0.2, -0.15) is 0 Å². The Morgan fingerprint density at radius 2 is 2.27 bits per heavy atom. The van der Waals surface area contributed by atoms with Crippen molar-refractivity contribution in [1.29, 1.82) is 0 Å². The smallest absolute Gasteiger partial charge is 0.335 e. The van der Waals surface area contributed by atoms with Crippen LogP contribution in [-0.4, -0.2) is 18.1 Å². The molecule has 3 nitrogen and oxygen atoms in total. The van der Waals surface area contributed by atoms with E-state index in [1.807, 2.05) is 0 Å². The Morgan fingerprint density at radius 1 is 1.64 bits per heavy atom. The van der Waals surface area contributed by atoms with Gasteiger partial charge in [-0.25, -0.2) is 4.79 Å². The average Bonchev–Trinajstić information content (AvgIpc) is 2.20. The maximum absolute atomic E-state index is 10.8. The Balaban J connectivity index is 3.54. The first-order chi connectivity index (χ1) is 8.06. The maximum Gasteiger partial charge on any atom is 0.335 e. The summed E-state index contributed by atoms with van der Waals surface area (Å²) in [5.74, 6) is -2.43. The van der Waals surface area contributed by atoms with Gasteiger partial charge in [-0.1, -0.05) is 0 Å². The van der Waals surface area contributed by atoms with Gasteiger partial charge in [0.1, 0.15) is 5.75 Å². The Hall–Kier alpha value is -1.51. The number of carboxylic acids is 1. The summed E-state index contributed by atoms with van der Waals surface area (Å²) in [5, 5.41) is 8.76. The largest absolute Gasteiger partial charge is 0.497 e. The number of carboxylic acid groups (broad SMARTS) is 1. The highest BCUT2D eigenvalue weighted by Crippen LogP contribution is 2.10. The van der Waals surface area contributed by atoms with Crippen LogP contribution in [0.5, 0.6) is 5.75 Å². The second kappa shape index (κ2) is 3.05. The summed E-state index contributed by atoms with van der Waals surface area (Å²) in [5.41, 5.74) is -0.831. The third kappa shape index (κ3) is 1.70. The Bertz CT molecular complexity index is 479. The molecule has 1 aromatic carbocycles. The van der Waals surface area contributed by atoms with Gasteiger partial charge in [-0.3, -0.25) is 0 Å². The van der Waals surface area contributed by atoms with Crippen molar-refractivity contribution in [1.82, 2.24) is 0 Å². The van der Waals surface area contributed by atoms with E-state index in [2.05, 4.69) is 4.74 Å². The zero-order valence-electron chi connectivity index (χ0n) is 12.3. The summed E-state index contributed by atoms with van der Waals surface area (Å²) in [6.45, 7) is 0. The zero-order chi connectivity index (χ0) is 14.2. The van der Waals surface area contributed by atoms with E-state index < -0.39 is 48.5 Å². The molecule has 0 atom stereocenters. The molecule has 0 aliphatic heterocycles. The SMILES string of the molecule is [2H]c1c([2H])c(C(=O)O)c([2H])c([2H])c1OC([2H])([2H])[2H]. The molecule has 0 bridgehead atoms. The van der Waals surface area contributed by atoms with E-state index in [0.717, 1.165) is 0 Å². The fraction of sp³-hybridized carbons (Fsp3) is 0.125. The minimum absolute atomic E-state index is 0.796. The van der Waals surface area contributed by atoms with Gasteiger partial charge in [0.05, 0.1) is 22.2 Å². The van der Waals surface area contributed by atoms with Crippen LogP contribution < -0.4 is 4.74 Å². The van der Waals surface area contributed by atoms with Gasteiger partial charge in [0.15, 0.2) is 0 Å². The van der Waals surface area contributed by atoms with Gasteiger partial charge in [-0.15, -0.1) is 0 Å². The topological polar surface area (TPSA) is 46.5 Å². The van der Waals surface area contributed by atoms with Crippen LogP contribution in [0.2, 0.25) is 0 Å². The van der Waals surface area contributed by atoms with Crippen LogP contribution in [0.3, 0.4) is 0 Å². The van der Waals surface area contributed by atoms with Gasteiger partial charge in [-0.05, 0) is 24.2 Å². The Kier molecular flexibility index (Phi) is 0.698. The monoisotopic (exact) mass is 159 g/mol. The molecule has 0 aliphatic rings. The van der Waals surface area contributed by atoms with Gasteiger partial charge >= 0.3 is 5.97 Å². The molecule has 0 fully saturated rings. The van der Waals surface area contributed by atoms with Crippen molar-refractivity contribution >= 4 is 5.97 Å². The normalized spacial score (nSPS) is 19.5. The van der Waals surface area contributed by atoms with Crippen LogP contribution in [0.15, 0.2) is 24.2 Å². The molecular weight excluding hydrogens is 144 g/mol. The molecule has 3 heteroatoms. The minimum Gasteiger partial charge on any atom is -0.497 e. The molecule has 0 aromatic heterocycles. The van der Waals surface area contributed by atoms with E-state index in [-0.39, 0.29) is 0 Å². The van der Waals surface area contributed by atoms with Crippen molar-refractivity contribution in [3.05, 3.63) is 29.7 Å². The van der Waals surface area contributed by atoms with E-state index in [9.17, 15) is 4.79 Å².